The normalized spacial score (nSPS) is 19.1. The summed E-state index contributed by atoms with van der Waals surface area (Å²) in [5, 5.41) is 15.7. The first-order valence-corrected chi connectivity index (χ1v) is 16.1. The van der Waals surface area contributed by atoms with E-state index in [4.69, 9.17) is 30.5 Å². The molecule has 0 unspecified atom stereocenters. The molecule has 0 radical (unpaired) electrons. The standard InChI is InChI=1S/C37H35ClN2O9/c1-19-15-26(41)30(34(43)37(19)35(44)31-27(47-3)18-28(48-4)32(38)33(31)49-37)23(24-16-21-7-5-6-8-25(21)40-36(24)45)17-29(42)39-14-13-20-9-11-22(46-2)12-10-20/h5-12,16,18-19,23,43H,13-15,17H2,1-4H3,(H,39,42)(H,40,45)/t19-,23+,37+/m1/s1. The number of Topliss-reactive ketones (excluding diaryl/α,β-unsaturated/α-hetero) is 2. The van der Waals surface area contributed by atoms with Crippen LogP contribution >= 0.6 is 11.6 Å². The number of ketones is 2. The maximum atomic E-state index is 14.4. The summed E-state index contributed by atoms with van der Waals surface area (Å²) in [7, 11) is 4.34. The number of para-hydroxylation sites is 1. The number of aromatic amines is 1. The number of amides is 1. The van der Waals surface area contributed by atoms with E-state index in [9.17, 15) is 24.3 Å². The van der Waals surface area contributed by atoms with Crippen molar-refractivity contribution in [2.24, 2.45) is 5.92 Å². The first kappa shape index (κ1) is 33.6. The third-order valence-electron chi connectivity index (χ3n) is 9.30. The minimum Gasteiger partial charge on any atom is -0.507 e. The second-order valence-electron chi connectivity index (χ2n) is 12.1. The molecule has 4 aromatic rings. The van der Waals surface area contributed by atoms with Gasteiger partial charge in [0.2, 0.25) is 17.3 Å². The zero-order chi connectivity index (χ0) is 35.0. The van der Waals surface area contributed by atoms with Gasteiger partial charge in [-0.2, -0.15) is 0 Å². The van der Waals surface area contributed by atoms with Crippen molar-refractivity contribution in [2.45, 2.75) is 37.7 Å². The average Bonchev–Trinajstić information content (AvgIpc) is 3.41. The maximum absolute atomic E-state index is 14.4. The fraction of sp³-hybridized carbons (Fsp3) is 0.297. The van der Waals surface area contributed by atoms with Gasteiger partial charge in [-0.15, -0.1) is 0 Å². The zero-order valence-electron chi connectivity index (χ0n) is 27.3. The molecule has 11 nitrogen and oxygen atoms in total. The summed E-state index contributed by atoms with van der Waals surface area (Å²) in [6.07, 6.45) is -0.0902. The second kappa shape index (κ2) is 13.3. The molecule has 254 valence electrons. The van der Waals surface area contributed by atoms with Gasteiger partial charge in [0.1, 0.15) is 27.8 Å². The molecular formula is C37H35ClN2O9. The number of allylic oxidation sites excluding steroid dienone is 1. The fourth-order valence-electron chi connectivity index (χ4n) is 6.73. The number of hydrogen-bond donors (Lipinski definition) is 3. The molecular weight excluding hydrogens is 652 g/mol. The summed E-state index contributed by atoms with van der Waals surface area (Å²) in [5.41, 5.74) is -1.32. The number of H-pyrrole nitrogens is 1. The molecule has 1 aromatic heterocycles. The lowest BCUT2D eigenvalue weighted by Gasteiger charge is -2.38. The number of nitrogens with one attached hydrogen (secondary N) is 2. The molecule has 1 aliphatic carbocycles. The lowest BCUT2D eigenvalue weighted by atomic mass is 9.69. The summed E-state index contributed by atoms with van der Waals surface area (Å²) in [6, 6.07) is 17.5. The summed E-state index contributed by atoms with van der Waals surface area (Å²) in [5.74, 6) is -3.51. The van der Waals surface area contributed by atoms with Crippen LogP contribution in [0.2, 0.25) is 5.02 Å². The number of halogens is 1. The van der Waals surface area contributed by atoms with Gasteiger partial charge in [0, 0.05) is 53.9 Å². The number of aromatic nitrogens is 1. The number of aliphatic hydroxyl groups is 1. The van der Waals surface area contributed by atoms with Crippen molar-refractivity contribution in [3.8, 4) is 23.0 Å². The summed E-state index contributed by atoms with van der Waals surface area (Å²) in [6.45, 7) is 1.87. The lowest BCUT2D eigenvalue weighted by Crippen LogP contribution is -2.53. The topological polar surface area (TPSA) is 153 Å². The molecule has 3 aromatic carbocycles. The number of rotatable bonds is 10. The van der Waals surface area contributed by atoms with E-state index in [0.717, 1.165) is 5.56 Å². The third-order valence-corrected chi connectivity index (χ3v) is 9.66. The average molecular weight is 687 g/mol. The summed E-state index contributed by atoms with van der Waals surface area (Å²) < 4.78 is 22.3. The molecule has 3 atom stereocenters. The monoisotopic (exact) mass is 686 g/mol. The van der Waals surface area contributed by atoms with Crippen LogP contribution in [0.3, 0.4) is 0 Å². The Morgan fingerprint density at radius 2 is 1.76 bits per heavy atom. The Balaban J connectivity index is 1.43. The number of fused-ring (bicyclic) bond motifs is 2. The van der Waals surface area contributed by atoms with Crippen LogP contribution in [0.4, 0.5) is 0 Å². The molecule has 0 bridgehead atoms. The van der Waals surface area contributed by atoms with E-state index >= 15 is 0 Å². The minimum atomic E-state index is -2.08. The Morgan fingerprint density at radius 3 is 2.45 bits per heavy atom. The van der Waals surface area contributed by atoms with Gasteiger partial charge in [0.05, 0.1) is 21.3 Å². The number of pyridine rings is 1. The molecule has 1 spiro atoms. The van der Waals surface area contributed by atoms with Crippen molar-refractivity contribution in [3.63, 3.8) is 0 Å². The van der Waals surface area contributed by atoms with Crippen molar-refractivity contribution in [2.75, 3.05) is 27.9 Å². The number of carbonyl (C=O) groups is 3. The van der Waals surface area contributed by atoms with Gasteiger partial charge in [-0.1, -0.05) is 48.9 Å². The fourth-order valence-corrected chi connectivity index (χ4v) is 6.99. The van der Waals surface area contributed by atoms with E-state index in [-0.39, 0.29) is 58.4 Å². The van der Waals surface area contributed by atoms with E-state index in [1.807, 2.05) is 24.3 Å². The number of methoxy groups -OCH3 is 3. The van der Waals surface area contributed by atoms with E-state index in [2.05, 4.69) is 10.3 Å². The number of ether oxygens (including phenoxy) is 4. The highest BCUT2D eigenvalue weighted by atomic mass is 35.5. The van der Waals surface area contributed by atoms with Crippen molar-refractivity contribution in [1.29, 1.82) is 0 Å². The Hall–Kier alpha value is -5.29. The van der Waals surface area contributed by atoms with Gasteiger partial charge in [0.25, 0.3) is 5.56 Å². The van der Waals surface area contributed by atoms with Gasteiger partial charge < -0.3 is 34.4 Å². The Kier molecular flexibility index (Phi) is 9.13. The molecule has 1 amide bonds. The molecule has 6 rings (SSSR count). The third kappa shape index (κ3) is 5.78. The molecule has 12 heteroatoms. The van der Waals surface area contributed by atoms with E-state index in [1.165, 1.54) is 20.3 Å². The number of carbonyl (C=O) groups excluding carboxylic acids is 3. The lowest BCUT2D eigenvalue weighted by molar-refractivity contribution is -0.121. The second-order valence-corrected chi connectivity index (χ2v) is 12.5. The molecule has 2 heterocycles. The molecule has 3 N–H and O–H groups in total. The quantitative estimate of drug-likeness (QED) is 0.197. The maximum Gasteiger partial charge on any atom is 0.252 e. The SMILES string of the molecule is COc1ccc(CCNC(=O)C[C@H](C2=C(O)[C@@]3(Oc4c(Cl)c(OC)cc(OC)c4C3=O)[C@H](C)CC2=O)c2cc3ccccc3[nH]c2=O)cc1. The molecule has 0 fully saturated rings. The number of aliphatic hydroxyl groups excluding tert-OH is 1. The van der Waals surface area contributed by atoms with Gasteiger partial charge in [-0.05, 0) is 41.6 Å². The van der Waals surface area contributed by atoms with Crippen LogP contribution in [-0.2, 0) is 16.0 Å². The highest BCUT2D eigenvalue weighted by molar-refractivity contribution is 6.35. The summed E-state index contributed by atoms with van der Waals surface area (Å²) in [4.78, 5) is 58.3. The largest absolute Gasteiger partial charge is 0.507 e. The van der Waals surface area contributed by atoms with Crippen molar-refractivity contribution < 1.29 is 38.4 Å². The van der Waals surface area contributed by atoms with Gasteiger partial charge >= 0.3 is 0 Å². The molecule has 1 aliphatic heterocycles. The van der Waals surface area contributed by atoms with Gasteiger partial charge in [-0.3, -0.25) is 19.2 Å². The highest BCUT2D eigenvalue weighted by Gasteiger charge is 2.61. The number of hydrogen-bond acceptors (Lipinski definition) is 9. The highest BCUT2D eigenvalue weighted by Crippen LogP contribution is 2.55. The van der Waals surface area contributed by atoms with Crippen LogP contribution in [0, 0.1) is 5.92 Å². The molecule has 0 saturated heterocycles. The van der Waals surface area contributed by atoms with Crippen molar-refractivity contribution in [3.05, 3.63) is 104 Å². The van der Waals surface area contributed by atoms with Crippen LogP contribution < -0.4 is 29.8 Å². The van der Waals surface area contributed by atoms with Crippen LogP contribution in [0.25, 0.3) is 10.9 Å². The van der Waals surface area contributed by atoms with E-state index in [0.29, 0.717) is 23.1 Å². The van der Waals surface area contributed by atoms with Crippen LogP contribution in [0.1, 0.15) is 47.2 Å². The van der Waals surface area contributed by atoms with Crippen LogP contribution in [-0.4, -0.2) is 61.0 Å². The van der Waals surface area contributed by atoms with Gasteiger partial charge in [0.15, 0.2) is 17.3 Å². The Bertz CT molecular complexity index is 2070. The number of benzene rings is 3. The van der Waals surface area contributed by atoms with E-state index in [1.54, 1.807) is 44.4 Å². The first-order chi connectivity index (χ1) is 23.5. The Morgan fingerprint density at radius 1 is 1.04 bits per heavy atom. The molecule has 49 heavy (non-hydrogen) atoms. The van der Waals surface area contributed by atoms with E-state index < -0.39 is 46.2 Å². The molecule has 2 aliphatic rings. The predicted molar refractivity (Wildman–Crippen MR) is 182 cm³/mol. The molecule has 0 saturated carbocycles. The van der Waals surface area contributed by atoms with Crippen LogP contribution in [0.5, 0.6) is 23.0 Å². The first-order valence-electron chi connectivity index (χ1n) is 15.7. The summed E-state index contributed by atoms with van der Waals surface area (Å²) >= 11 is 6.60. The minimum absolute atomic E-state index is 0.0132. The zero-order valence-corrected chi connectivity index (χ0v) is 28.1. The Labute approximate surface area is 286 Å². The smallest absolute Gasteiger partial charge is 0.252 e. The van der Waals surface area contributed by atoms with Crippen molar-refractivity contribution in [1.82, 2.24) is 10.3 Å². The van der Waals surface area contributed by atoms with Crippen molar-refractivity contribution >= 4 is 40.0 Å². The van der Waals surface area contributed by atoms with Gasteiger partial charge in [-0.25, -0.2) is 0 Å². The predicted octanol–water partition coefficient (Wildman–Crippen LogP) is 5.48. The van der Waals surface area contributed by atoms with Crippen LogP contribution in [0.15, 0.2) is 76.8 Å².